The third-order valence-electron chi connectivity index (χ3n) is 7.65. The number of carboxylic acids is 1. The fourth-order valence-corrected chi connectivity index (χ4v) is 11.9. The van der Waals surface area contributed by atoms with E-state index in [1.54, 1.807) is 0 Å². The number of aromatic amines is 1. The lowest BCUT2D eigenvalue weighted by molar-refractivity contribution is -0.148. The molecule has 1 fully saturated rings. The molecule has 202 valence electrons. The second-order valence-electron chi connectivity index (χ2n) is 11.1. The number of carbonyl (C=O) groups is 1. The zero-order valence-corrected chi connectivity index (χ0v) is 22.9. The van der Waals surface area contributed by atoms with Gasteiger partial charge in [-0.05, 0) is 12.0 Å². The molecular weight excluding hydrogens is 504 g/mol. The van der Waals surface area contributed by atoms with Crippen molar-refractivity contribution in [2.45, 2.75) is 69.2 Å². The quantitative estimate of drug-likeness (QED) is 0.332. The molecule has 10 heteroatoms. The predicted octanol–water partition coefficient (Wildman–Crippen LogP) is 1.30. The molecule has 4 N–H and O–H groups in total. The molecule has 1 aliphatic rings. The zero-order chi connectivity index (χ0) is 27.9. The zero-order valence-electron chi connectivity index (χ0n) is 21.9. The normalized spacial score (nSPS) is 22.8. The lowest BCUT2D eigenvalue weighted by Gasteiger charge is -2.50. The largest absolute Gasteiger partial charge is 0.481 e. The molecule has 0 saturated carbocycles. The van der Waals surface area contributed by atoms with Crippen molar-refractivity contribution in [2.24, 2.45) is 0 Å². The first-order valence-electron chi connectivity index (χ1n) is 12.5. The van der Waals surface area contributed by atoms with E-state index in [9.17, 15) is 29.7 Å². The molecular formula is C28H34N2O7Si. The Bertz CT molecular complexity index is 1380. The molecule has 38 heavy (non-hydrogen) atoms. The molecule has 0 amide bonds. The number of carboxylic acid groups (broad SMARTS) is 1. The van der Waals surface area contributed by atoms with Crippen molar-refractivity contribution < 1.29 is 24.9 Å². The molecule has 0 aliphatic carbocycles. The summed E-state index contributed by atoms with van der Waals surface area (Å²) in [6, 6.07) is 19.1. The van der Waals surface area contributed by atoms with Crippen LogP contribution in [-0.4, -0.2) is 56.3 Å². The van der Waals surface area contributed by atoms with Crippen LogP contribution in [0.5, 0.6) is 0 Å². The van der Waals surface area contributed by atoms with Crippen molar-refractivity contribution >= 4 is 24.4 Å². The molecule has 3 aromatic rings. The van der Waals surface area contributed by atoms with Crippen LogP contribution in [0, 0.1) is 6.92 Å². The summed E-state index contributed by atoms with van der Waals surface area (Å²) in [5, 5.41) is 35.2. The van der Waals surface area contributed by atoms with Crippen LogP contribution in [0.15, 0.2) is 76.4 Å². The first-order chi connectivity index (χ1) is 17.8. The summed E-state index contributed by atoms with van der Waals surface area (Å²) in [4.78, 5) is 38.7. The molecule has 1 aromatic heterocycles. The van der Waals surface area contributed by atoms with E-state index in [0.717, 1.165) is 14.9 Å². The standard InChI is InChI=1S/C28H34N2O7Si/c1-18-17-30(26(35)29-24(18)33)21-15-28(36,16-22(31)32)23(37-21)25(34)38(27(2,3)4,19-11-7-5-8-12-19)20-13-9-6-10-14-20/h5-14,17,21,23,25,34,36H,15-16H2,1-4H3,(H,31,32)(H,29,33,35)/t21-,23-,25?,28-/m1/s1. The van der Waals surface area contributed by atoms with Gasteiger partial charge in [-0.3, -0.25) is 19.1 Å². The van der Waals surface area contributed by atoms with E-state index in [1.807, 2.05) is 81.4 Å². The van der Waals surface area contributed by atoms with E-state index < -0.39 is 60.4 Å². The summed E-state index contributed by atoms with van der Waals surface area (Å²) in [6.45, 7) is 7.62. The molecule has 1 unspecified atom stereocenters. The first-order valence-corrected chi connectivity index (χ1v) is 14.6. The Morgan fingerprint density at radius 3 is 2.11 bits per heavy atom. The van der Waals surface area contributed by atoms with Gasteiger partial charge in [0, 0.05) is 18.2 Å². The molecule has 1 saturated heterocycles. The second-order valence-corrected chi connectivity index (χ2v) is 16.0. The predicted molar refractivity (Wildman–Crippen MR) is 145 cm³/mol. The summed E-state index contributed by atoms with van der Waals surface area (Å²) in [6.07, 6.45) is -2.07. The van der Waals surface area contributed by atoms with Crippen molar-refractivity contribution in [3.63, 3.8) is 0 Å². The Morgan fingerprint density at radius 2 is 1.63 bits per heavy atom. The maximum absolute atomic E-state index is 12.7. The highest BCUT2D eigenvalue weighted by Crippen LogP contribution is 2.46. The van der Waals surface area contributed by atoms with Gasteiger partial charge < -0.3 is 20.1 Å². The fraction of sp³-hybridized carbons (Fsp3) is 0.393. The minimum atomic E-state index is -3.29. The number of ether oxygens (including phenoxy) is 1. The number of aliphatic hydroxyl groups excluding tert-OH is 1. The Morgan fingerprint density at radius 1 is 1.11 bits per heavy atom. The number of rotatable bonds is 7. The molecule has 0 bridgehead atoms. The fourth-order valence-electron chi connectivity index (χ4n) is 5.98. The highest BCUT2D eigenvalue weighted by molar-refractivity contribution is 7.05. The Balaban J connectivity index is 1.94. The van der Waals surface area contributed by atoms with Crippen LogP contribution in [0.4, 0.5) is 0 Å². The summed E-state index contributed by atoms with van der Waals surface area (Å²) < 4.78 is 7.40. The van der Waals surface area contributed by atoms with Crippen LogP contribution >= 0.6 is 0 Å². The van der Waals surface area contributed by atoms with Gasteiger partial charge in [-0.1, -0.05) is 91.8 Å². The topological polar surface area (TPSA) is 142 Å². The number of nitrogens with zero attached hydrogens (tertiary/aromatic N) is 1. The van der Waals surface area contributed by atoms with Gasteiger partial charge in [0.2, 0.25) is 0 Å². The number of H-pyrrole nitrogens is 1. The number of aromatic nitrogens is 2. The number of benzene rings is 2. The minimum Gasteiger partial charge on any atom is -0.481 e. The monoisotopic (exact) mass is 538 g/mol. The molecule has 9 nitrogen and oxygen atoms in total. The van der Waals surface area contributed by atoms with E-state index in [0.29, 0.717) is 0 Å². The van der Waals surface area contributed by atoms with Crippen LogP contribution in [0.3, 0.4) is 0 Å². The van der Waals surface area contributed by atoms with Crippen molar-refractivity contribution in [1.82, 2.24) is 9.55 Å². The van der Waals surface area contributed by atoms with Crippen molar-refractivity contribution in [2.75, 3.05) is 0 Å². The number of hydrogen-bond acceptors (Lipinski definition) is 6. The maximum atomic E-state index is 12.7. The van der Waals surface area contributed by atoms with Gasteiger partial charge in [-0.2, -0.15) is 0 Å². The summed E-state index contributed by atoms with van der Waals surface area (Å²) >= 11 is 0. The van der Waals surface area contributed by atoms with Gasteiger partial charge in [-0.25, -0.2) is 4.79 Å². The molecule has 4 atom stereocenters. The van der Waals surface area contributed by atoms with Gasteiger partial charge >= 0.3 is 11.7 Å². The van der Waals surface area contributed by atoms with E-state index in [4.69, 9.17) is 4.74 Å². The SMILES string of the molecule is Cc1cn([C@H]2C[C@@](O)(CC(=O)O)[C@@H](C(O)[Si](c3ccccc3)(c3ccccc3)C(C)(C)C)O2)c(=O)[nH]c1=O. The summed E-state index contributed by atoms with van der Waals surface area (Å²) in [7, 11) is -3.29. The van der Waals surface area contributed by atoms with Crippen molar-refractivity contribution in [1.29, 1.82) is 0 Å². The highest BCUT2D eigenvalue weighted by atomic mass is 28.3. The number of aliphatic carboxylic acids is 1. The third kappa shape index (κ3) is 4.69. The van der Waals surface area contributed by atoms with Crippen LogP contribution in [0.25, 0.3) is 0 Å². The molecule has 2 aromatic carbocycles. The Hall–Kier alpha value is -3.31. The number of nitrogens with one attached hydrogen (secondary N) is 1. The van der Waals surface area contributed by atoms with Crippen LogP contribution < -0.4 is 21.6 Å². The molecule has 1 aliphatic heterocycles. The average Bonchev–Trinajstić information content (AvgIpc) is 3.18. The number of aryl methyl sites for hydroxylation is 1. The number of hydrogen-bond donors (Lipinski definition) is 4. The van der Waals surface area contributed by atoms with Crippen molar-refractivity contribution in [3.8, 4) is 0 Å². The van der Waals surface area contributed by atoms with Gasteiger partial charge in [0.25, 0.3) is 5.56 Å². The van der Waals surface area contributed by atoms with Crippen LogP contribution in [-0.2, 0) is 9.53 Å². The Labute approximate surface area is 221 Å². The molecule has 4 rings (SSSR count). The van der Waals surface area contributed by atoms with Gasteiger partial charge in [0.05, 0.1) is 12.1 Å². The summed E-state index contributed by atoms with van der Waals surface area (Å²) in [5.41, 5.74) is -4.34. The van der Waals surface area contributed by atoms with E-state index in [-0.39, 0.29) is 12.0 Å². The van der Waals surface area contributed by atoms with Crippen LogP contribution in [0.1, 0.15) is 45.4 Å². The molecule has 0 radical (unpaired) electrons. The number of aliphatic hydroxyl groups is 2. The smallest absolute Gasteiger partial charge is 0.330 e. The Kier molecular flexibility index (Phi) is 7.37. The molecule has 0 spiro atoms. The van der Waals surface area contributed by atoms with Gasteiger partial charge in [-0.15, -0.1) is 0 Å². The van der Waals surface area contributed by atoms with Crippen molar-refractivity contribution in [3.05, 3.63) is 93.3 Å². The highest BCUT2D eigenvalue weighted by Gasteiger charge is 2.62. The third-order valence-corrected chi connectivity index (χ3v) is 13.7. The minimum absolute atomic E-state index is 0.256. The average molecular weight is 539 g/mol. The second kappa shape index (κ2) is 10.1. The molecule has 2 heterocycles. The summed E-state index contributed by atoms with van der Waals surface area (Å²) in [5.74, 6) is -1.26. The first kappa shape index (κ1) is 27.7. The van der Waals surface area contributed by atoms with Gasteiger partial charge in [0.15, 0.2) is 8.07 Å². The van der Waals surface area contributed by atoms with E-state index >= 15 is 0 Å². The van der Waals surface area contributed by atoms with E-state index in [1.165, 1.54) is 13.1 Å². The van der Waals surface area contributed by atoms with Gasteiger partial charge in [0.1, 0.15) is 17.9 Å². The van der Waals surface area contributed by atoms with E-state index in [2.05, 4.69) is 4.98 Å². The lowest BCUT2D eigenvalue weighted by atomic mass is 9.91. The van der Waals surface area contributed by atoms with Crippen LogP contribution in [0.2, 0.25) is 5.04 Å². The lowest BCUT2D eigenvalue weighted by Crippen LogP contribution is -2.75. The maximum Gasteiger partial charge on any atom is 0.330 e.